The molecule has 0 saturated heterocycles. The van der Waals surface area contributed by atoms with Crippen LogP contribution in [0, 0.1) is 28.6 Å². The van der Waals surface area contributed by atoms with Gasteiger partial charge < -0.3 is 4.74 Å². The van der Waals surface area contributed by atoms with E-state index >= 15 is 0 Å². The van der Waals surface area contributed by atoms with Crippen LogP contribution in [-0.2, 0) is 19.1 Å². The molecule has 5 heteroatoms. The number of hydrogen-bond acceptors (Lipinski definition) is 4. The van der Waals surface area contributed by atoms with Crippen molar-refractivity contribution in [3.05, 3.63) is 11.6 Å². The summed E-state index contributed by atoms with van der Waals surface area (Å²) in [5.74, 6) is 0.808. The van der Waals surface area contributed by atoms with Crippen LogP contribution >= 0.6 is 11.6 Å². The van der Waals surface area contributed by atoms with Gasteiger partial charge in [0.2, 0.25) is 0 Å². The Kier molecular flexibility index (Phi) is 4.61. The van der Waals surface area contributed by atoms with Gasteiger partial charge in [0.1, 0.15) is 0 Å². The zero-order chi connectivity index (χ0) is 20.5. The van der Waals surface area contributed by atoms with Crippen molar-refractivity contribution in [2.45, 2.75) is 83.6 Å². The predicted octanol–water partition coefficient (Wildman–Crippen LogP) is 4.63. The standard InChI is InChI=1S/C23H31ClO4/c1-13(25)23(28-14(2)26)10-8-18-17-6-5-15-11-16(27)7-9-21(15,3)20(17)19(24)12-22(18,23)4/h11,17-20H,5-10,12H2,1-4H3/t17-,18-,19-,20+,21-,22-,23-/m0/s1. The number of fused-ring (bicyclic) bond motifs is 5. The van der Waals surface area contributed by atoms with Crippen LogP contribution in [0.15, 0.2) is 11.6 Å². The Labute approximate surface area is 172 Å². The Bertz CT molecular complexity index is 773. The monoisotopic (exact) mass is 406 g/mol. The largest absolute Gasteiger partial charge is 0.451 e. The predicted molar refractivity (Wildman–Crippen MR) is 107 cm³/mol. The molecule has 28 heavy (non-hydrogen) atoms. The van der Waals surface area contributed by atoms with Crippen LogP contribution in [-0.4, -0.2) is 28.5 Å². The van der Waals surface area contributed by atoms with Crippen LogP contribution in [0.3, 0.4) is 0 Å². The first-order valence-electron chi connectivity index (χ1n) is 10.6. The maximum Gasteiger partial charge on any atom is 0.303 e. The molecule has 3 saturated carbocycles. The normalized spacial score (nSPS) is 47.5. The maximum absolute atomic E-state index is 12.8. The average Bonchev–Trinajstić information content (AvgIpc) is 2.88. The summed E-state index contributed by atoms with van der Waals surface area (Å²) in [6, 6.07) is 0. The highest BCUT2D eigenvalue weighted by Crippen LogP contribution is 2.69. The van der Waals surface area contributed by atoms with E-state index in [4.69, 9.17) is 16.3 Å². The van der Waals surface area contributed by atoms with E-state index in [1.807, 2.05) is 6.08 Å². The highest BCUT2D eigenvalue weighted by molar-refractivity contribution is 6.21. The third-order valence-corrected chi connectivity index (χ3v) is 9.29. The summed E-state index contributed by atoms with van der Waals surface area (Å²) in [5, 5.41) is -0.0967. The fourth-order valence-electron chi connectivity index (χ4n) is 7.67. The Morgan fingerprint density at radius 1 is 1.14 bits per heavy atom. The van der Waals surface area contributed by atoms with Gasteiger partial charge >= 0.3 is 5.97 Å². The summed E-state index contributed by atoms with van der Waals surface area (Å²) in [6.45, 7) is 7.36. The van der Waals surface area contributed by atoms with E-state index in [9.17, 15) is 14.4 Å². The molecule has 0 aromatic rings. The Morgan fingerprint density at radius 2 is 1.86 bits per heavy atom. The molecule has 0 aromatic heterocycles. The first-order chi connectivity index (χ1) is 13.0. The lowest BCUT2D eigenvalue weighted by molar-refractivity contribution is -0.186. The lowest BCUT2D eigenvalue weighted by Gasteiger charge is -2.60. The number of hydrogen-bond donors (Lipinski definition) is 0. The number of esters is 1. The molecule has 4 rings (SSSR count). The molecule has 0 radical (unpaired) electrons. The number of carbonyl (C=O) groups is 3. The minimum Gasteiger partial charge on any atom is -0.451 e. The van der Waals surface area contributed by atoms with Gasteiger partial charge in [-0.1, -0.05) is 19.4 Å². The molecular weight excluding hydrogens is 376 g/mol. The van der Waals surface area contributed by atoms with Crippen LogP contribution in [0.25, 0.3) is 0 Å². The first-order valence-corrected chi connectivity index (χ1v) is 11.1. The van der Waals surface area contributed by atoms with Crippen molar-refractivity contribution in [1.29, 1.82) is 0 Å². The second kappa shape index (κ2) is 6.42. The number of ketones is 2. The van der Waals surface area contributed by atoms with E-state index in [0.717, 1.165) is 25.7 Å². The summed E-state index contributed by atoms with van der Waals surface area (Å²) < 4.78 is 5.80. The molecule has 4 aliphatic rings. The van der Waals surface area contributed by atoms with Crippen molar-refractivity contribution in [3.8, 4) is 0 Å². The highest BCUT2D eigenvalue weighted by Gasteiger charge is 2.69. The van der Waals surface area contributed by atoms with Crippen molar-refractivity contribution in [3.63, 3.8) is 0 Å². The third-order valence-electron chi connectivity index (χ3n) is 8.86. The third kappa shape index (κ3) is 2.52. The van der Waals surface area contributed by atoms with Gasteiger partial charge in [-0.15, -0.1) is 11.6 Å². The highest BCUT2D eigenvalue weighted by atomic mass is 35.5. The number of halogens is 1. The molecule has 0 unspecified atom stereocenters. The lowest BCUT2D eigenvalue weighted by Crippen LogP contribution is -2.61. The van der Waals surface area contributed by atoms with Crippen molar-refractivity contribution in [1.82, 2.24) is 0 Å². The molecular formula is C23H31ClO4. The Hall–Kier alpha value is -1.16. The quantitative estimate of drug-likeness (QED) is 0.495. The SMILES string of the molecule is CC(=O)O[C@]1(C(C)=O)CC[C@H]2[C@@H]3CCC4=CC(=O)CC[C@]4(C)[C@H]3[C@@H](Cl)C[C@@]21C. The lowest BCUT2D eigenvalue weighted by atomic mass is 9.46. The summed E-state index contributed by atoms with van der Waals surface area (Å²) in [6.07, 6.45) is 7.43. The van der Waals surface area contributed by atoms with Gasteiger partial charge in [0.05, 0.1) is 0 Å². The van der Waals surface area contributed by atoms with Crippen molar-refractivity contribution < 1.29 is 19.1 Å². The molecule has 4 aliphatic carbocycles. The molecule has 0 bridgehead atoms. The molecule has 0 N–H and O–H groups in total. The molecule has 0 amide bonds. The smallest absolute Gasteiger partial charge is 0.303 e. The molecule has 154 valence electrons. The topological polar surface area (TPSA) is 60.4 Å². The summed E-state index contributed by atoms with van der Waals surface area (Å²) >= 11 is 7.10. The fourth-order valence-corrected chi connectivity index (χ4v) is 8.45. The zero-order valence-corrected chi connectivity index (χ0v) is 18.1. The van der Waals surface area contributed by atoms with Gasteiger partial charge in [-0.25, -0.2) is 0 Å². The van der Waals surface area contributed by atoms with E-state index in [2.05, 4.69) is 13.8 Å². The van der Waals surface area contributed by atoms with E-state index < -0.39 is 17.0 Å². The summed E-state index contributed by atoms with van der Waals surface area (Å²) in [7, 11) is 0. The van der Waals surface area contributed by atoms with Crippen molar-refractivity contribution >= 4 is 29.1 Å². The maximum atomic E-state index is 12.8. The van der Waals surface area contributed by atoms with Crippen LogP contribution in [0.5, 0.6) is 0 Å². The molecule has 0 heterocycles. The van der Waals surface area contributed by atoms with Gasteiger partial charge in [-0.2, -0.15) is 0 Å². The van der Waals surface area contributed by atoms with Crippen LogP contribution < -0.4 is 0 Å². The number of carbonyl (C=O) groups excluding carboxylic acids is 3. The van der Waals surface area contributed by atoms with Crippen LogP contribution in [0.4, 0.5) is 0 Å². The number of ether oxygens (including phenoxy) is 1. The number of Topliss-reactive ketones (excluding diaryl/α,β-unsaturated/α-hetero) is 1. The van der Waals surface area contributed by atoms with Crippen LogP contribution in [0.1, 0.15) is 72.6 Å². The van der Waals surface area contributed by atoms with Crippen molar-refractivity contribution in [2.24, 2.45) is 28.6 Å². The minimum atomic E-state index is -1.05. The van der Waals surface area contributed by atoms with Gasteiger partial charge in [-0.05, 0) is 74.7 Å². The van der Waals surface area contributed by atoms with E-state index in [-0.39, 0.29) is 22.4 Å². The number of allylic oxidation sites excluding steroid dienone is 1. The van der Waals surface area contributed by atoms with Crippen molar-refractivity contribution in [2.75, 3.05) is 0 Å². The zero-order valence-electron chi connectivity index (χ0n) is 17.3. The Balaban J connectivity index is 1.75. The molecule has 0 aromatic carbocycles. The number of rotatable bonds is 2. The number of alkyl halides is 1. The van der Waals surface area contributed by atoms with Crippen LogP contribution in [0.2, 0.25) is 0 Å². The average molecular weight is 407 g/mol. The molecule has 0 spiro atoms. The summed E-state index contributed by atoms with van der Waals surface area (Å²) in [5.41, 5.74) is -0.246. The summed E-state index contributed by atoms with van der Waals surface area (Å²) in [4.78, 5) is 36.7. The Morgan fingerprint density at radius 3 is 2.50 bits per heavy atom. The first kappa shape index (κ1) is 20.1. The fraction of sp³-hybridized carbons (Fsp3) is 0.783. The minimum absolute atomic E-state index is 0.0342. The molecule has 0 aliphatic heterocycles. The van der Waals surface area contributed by atoms with E-state index in [0.29, 0.717) is 37.0 Å². The molecule has 4 nitrogen and oxygen atoms in total. The van der Waals surface area contributed by atoms with E-state index in [1.54, 1.807) is 6.92 Å². The van der Waals surface area contributed by atoms with Gasteiger partial charge in [-0.3, -0.25) is 14.4 Å². The van der Waals surface area contributed by atoms with Gasteiger partial charge in [0.25, 0.3) is 0 Å². The molecule has 3 fully saturated rings. The molecule has 7 atom stereocenters. The second-order valence-corrected chi connectivity index (χ2v) is 10.6. The van der Waals surface area contributed by atoms with E-state index in [1.165, 1.54) is 12.5 Å². The second-order valence-electron chi connectivity index (χ2n) is 10.0. The van der Waals surface area contributed by atoms with Gasteiger partial charge in [0, 0.05) is 24.1 Å². The van der Waals surface area contributed by atoms with Gasteiger partial charge in [0.15, 0.2) is 17.2 Å².